The molecule has 1 heteroatoms. The van der Waals surface area contributed by atoms with Gasteiger partial charge in [0, 0.05) is 0 Å². The summed E-state index contributed by atoms with van der Waals surface area (Å²) < 4.78 is 0. The largest absolute Gasteiger partial charge is 2.00 e. The molecular weight excluding hydrogens is 306 g/mol. The minimum absolute atomic E-state index is 0. The van der Waals surface area contributed by atoms with Crippen LogP contribution in [0.1, 0.15) is 38.8 Å². The summed E-state index contributed by atoms with van der Waals surface area (Å²) in [4.78, 5) is 0. The Kier molecular flexibility index (Phi) is 11.2. The fourth-order valence-electron chi connectivity index (χ4n) is 2.06. The van der Waals surface area contributed by atoms with Crippen molar-refractivity contribution in [1.29, 1.82) is 0 Å². The van der Waals surface area contributed by atoms with Crippen molar-refractivity contribution in [2.24, 2.45) is 11.8 Å². The van der Waals surface area contributed by atoms with Crippen LogP contribution in [0.5, 0.6) is 0 Å². The van der Waals surface area contributed by atoms with E-state index in [0.29, 0.717) is 0 Å². The molecule has 21 heavy (non-hydrogen) atoms. The standard InChI is InChI=1S/2C10H13.Zn/c2*1-9(2)8-10-6-4-3-5-7-10;/h2*4-7,9H,8H2,1-2H3;/q2*-1;+2. The molecule has 0 radical (unpaired) electrons. The molecular formula is C20H26Zn. The van der Waals surface area contributed by atoms with E-state index in [1.54, 1.807) is 0 Å². The summed E-state index contributed by atoms with van der Waals surface area (Å²) in [5.41, 5.74) is 2.82. The van der Waals surface area contributed by atoms with Gasteiger partial charge in [0.2, 0.25) is 0 Å². The van der Waals surface area contributed by atoms with Gasteiger partial charge in [-0.3, -0.25) is 0 Å². The van der Waals surface area contributed by atoms with Crippen molar-refractivity contribution < 1.29 is 19.5 Å². The molecule has 0 saturated carbocycles. The molecule has 0 heterocycles. The molecule has 0 bridgehead atoms. The van der Waals surface area contributed by atoms with E-state index in [-0.39, 0.29) is 19.5 Å². The smallest absolute Gasteiger partial charge is 0.184 e. The van der Waals surface area contributed by atoms with E-state index in [0.717, 1.165) is 11.8 Å². The van der Waals surface area contributed by atoms with Crippen LogP contribution in [-0.4, -0.2) is 0 Å². The van der Waals surface area contributed by atoms with Crippen LogP contribution in [0.4, 0.5) is 0 Å². The zero-order valence-corrected chi connectivity index (χ0v) is 16.9. The van der Waals surface area contributed by atoms with Crippen LogP contribution < -0.4 is 0 Å². The monoisotopic (exact) mass is 330 g/mol. The molecule has 0 aliphatic carbocycles. The molecule has 2 aromatic carbocycles. The van der Waals surface area contributed by atoms with Crippen molar-refractivity contribution >= 4 is 0 Å². The zero-order valence-electron chi connectivity index (χ0n) is 13.9. The van der Waals surface area contributed by atoms with Crippen molar-refractivity contribution in [3.63, 3.8) is 0 Å². The molecule has 2 rings (SSSR count). The first kappa shape index (κ1) is 20.1. The van der Waals surface area contributed by atoms with Gasteiger partial charge in [-0.25, -0.2) is 0 Å². The van der Waals surface area contributed by atoms with Crippen LogP contribution in [0.15, 0.2) is 48.5 Å². The van der Waals surface area contributed by atoms with E-state index in [9.17, 15) is 0 Å². The van der Waals surface area contributed by atoms with Crippen molar-refractivity contribution in [2.75, 3.05) is 0 Å². The average Bonchev–Trinajstić information content (AvgIpc) is 2.40. The Balaban J connectivity index is 0.000000364. The van der Waals surface area contributed by atoms with Gasteiger partial charge in [-0.1, -0.05) is 27.7 Å². The second kappa shape index (κ2) is 11.7. The summed E-state index contributed by atoms with van der Waals surface area (Å²) in [5, 5.41) is 0. The van der Waals surface area contributed by atoms with Crippen LogP contribution in [0.2, 0.25) is 0 Å². The molecule has 0 nitrogen and oxygen atoms in total. The Bertz CT molecular complexity index is 400. The predicted molar refractivity (Wildman–Crippen MR) is 87.6 cm³/mol. The number of rotatable bonds is 4. The molecule has 0 spiro atoms. The maximum atomic E-state index is 3.01. The first-order valence-corrected chi connectivity index (χ1v) is 7.48. The maximum Gasteiger partial charge on any atom is 2.00 e. The van der Waals surface area contributed by atoms with Crippen LogP contribution >= 0.6 is 0 Å². The first-order valence-electron chi connectivity index (χ1n) is 7.48. The Morgan fingerprint density at radius 1 is 0.667 bits per heavy atom. The van der Waals surface area contributed by atoms with Gasteiger partial charge in [-0.15, -0.1) is 0 Å². The molecule has 0 N–H and O–H groups in total. The van der Waals surface area contributed by atoms with Gasteiger partial charge in [-0.2, -0.15) is 71.8 Å². The van der Waals surface area contributed by atoms with Crippen LogP contribution in [0.25, 0.3) is 0 Å². The van der Waals surface area contributed by atoms with E-state index >= 15 is 0 Å². The fourth-order valence-corrected chi connectivity index (χ4v) is 2.06. The van der Waals surface area contributed by atoms with Gasteiger partial charge in [0.05, 0.1) is 0 Å². The van der Waals surface area contributed by atoms with Gasteiger partial charge in [0.15, 0.2) is 0 Å². The third-order valence-corrected chi connectivity index (χ3v) is 2.86. The van der Waals surface area contributed by atoms with Crippen LogP contribution in [0, 0.1) is 24.0 Å². The predicted octanol–water partition coefficient (Wildman–Crippen LogP) is 5.37. The van der Waals surface area contributed by atoms with Gasteiger partial charge in [-0.05, 0) is 24.7 Å². The molecule has 108 valence electrons. The SMILES string of the molecule is CC(C)Cc1cc[c-]cc1.CC(C)Cc1cc[c-]cc1.[Zn+2]. The van der Waals surface area contributed by atoms with Crippen LogP contribution in [0.3, 0.4) is 0 Å². The second-order valence-corrected chi connectivity index (χ2v) is 6.01. The fraction of sp³-hybridized carbons (Fsp3) is 0.400. The number of benzene rings is 2. The van der Waals surface area contributed by atoms with E-state index in [4.69, 9.17) is 0 Å². The van der Waals surface area contributed by atoms with Crippen molar-refractivity contribution in [3.8, 4) is 0 Å². The third-order valence-electron chi connectivity index (χ3n) is 2.86. The van der Waals surface area contributed by atoms with E-state index in [2.05, 4.69) is 64.1 Å². The Hall–Kier alpha value is -0.937. The topological polar surface area (TPSA) is 0 Å². The molecule has 0 fully saturated rings. The van der Waals surface area contributed by atoms with E-state index < -0.39 is 0 Å². The molecule has 0 atom stereocenters. The molecule has 0 aliphatic rings. The number of hydrogen-bond acceptors (Lipinski definition) is 0. The molecule has 0 aromatic heterocycles. The summed E-state index contributed by atoms with van der Waals surface area (Å²) in [5.74, 6) is 1.50. The van der Waals surface area contributed by atoms with Crippen molar-refractivity contribution in [1.82, 2.24) is 0 Å². The minimum Gasteiger partial charge on any atom is -0.184 e. The quantitative estimate of drug-likeness (QED) is 0.522. The minimum atomic E-state index is 0. The molecule has 0 amide bonds. The van der Waals surface area contributed by atoms with Gasteiger partial charge in [0.25, 0.3) is 0 Å². The maximum absolute atomic E-state index is 3.01. The molecule has 0 aliphatic heterocycles. The summed E-state index contributed by atoms with van der Waals surface area (Å²) in [6, 6.07) is 22.4. The average molecular weight is 332 g/mol. The molecule has 0 saturated heterocycles. The molecule has 2 aromatic rings. The zero-order chi connectivity index (χ0) is 14.8. The Morgan fingerprint density at radius 3 is 1.19 bits per heavy atom. The molecule has 0 unspecified atom stereocenters. The Morgan fingerprint density at radius 2 is 0.952 bits per heavy atom. The van der Waals surface area contributed by atoms with Gasteiger partial charge >= 0.3 is 19.5 Å². The normalized spacial score (nSPS) is 9.81. The van der Waals surface area contributed by atoms with E-state index in [1.165, 1.54) is 24.0 Å². The van der Waals surface area contributed by atoms with Gasteiger partial charge < -0.3 is 0 Å². The second-order valence-electron chi connectivity index (χ2n) is 6.01. The summed E-state index contributed by atoms with van der Waals surface area (Å²) in [6.07, 6.45) is 2.35. The summed E-state index contributed by atoms with van der Waals surface area (Å²) >= 11 is 0. The van der Waals surface area contributed by atoms with Crippen LogP contribution in [-0.2, 0) is 32.3 Å². The van der Waals surface area contributed by atoms with Crippen molar-refractivity contribution in [3.05, 3.63) is 71.8 Å². The van der Waals surface area contributed by atoms with Crippen molar-refractivity contribution in [2.45, 2.75) is 40.5 Å². The first-order chi connectivity index (χ1) is 9.58. The summed E-state index contributed by atoms with van der Waals surface area (Å²) in [7, 11) is 0. The third kappa shape index (κ3) is 10.4. The number of hydrogen-bond donors (Lipinski definition) is 0. The Labute approximate surface area is 143 Å². The van der Waals surface area contributed by atoms with Gasteiger partial charge in [0.1, 0.15) is 0 Å². The summed E-state index contributed by atoms with van der Waals surface area (Å²) in [6.45, 7) is 8.93. The van der Waals surface area contributed by atoms with E-state index in [1.807, 2.05) is 24.3 Å².